The molecule has 0 aliphatic carbocycles. The number of ether oxygens (including phenoxy) is 1. The number of halogens is 1. The number of fused-ring (bicyclic) bond motifs is 1. The third-order valence-electron chi connectivity index (χ3n) is 5.66. The molecule has 1 aromatic carbocycles. The first-order valence-corrected chi connectivity index (χ1v) is 11.6. The highest BCUT2D eigenvalue weighted by Gasteiger charge is 2.38. The highest BCUT2D eigenvalue weighted by Crippen LogP contribution is 2.24. The van der Waals surface area contributed by atoms with Crippen LogP contribution in [0.4, 0.5) is 5.82 Å². The Morgan fingerprint density at radius 2 is 2.16 bits per heavy atom. The number of benzene rings is 1. The molecule has 0 radical (unpaired) electrons. The lowest BCUT2D eigenvalue weighted by molar-refractivity contribution is -0.148. The predicted octanol–water partition coefficient (Wildman–Crippen LogP) is 3.69. The summed E-state index contributed by atoms with van der Waals surface area (Å²) >= 11 is 7.54. The van der Waals surface area contributed by atoms with Gasteiger partial charge in [-0.05, 0) is 42.8 Å². The number of nitrogen functional groups attached to an aromatic ring is 1. The lowest BCUT2D eigenvalue weighted by atomic mass is 10.0. The molecule has 168 valence electrons. The molecule has 32 heavy (non-hydrogen) atoms. The molecule has 9 heteroatoms. The zero-order valence-electron chi connectivity index (χ0n) is 18.1. The van der Waals surface area contributed by atoms with Crippen LogP contribution >= 0.6 is 22.9 Å². The van der Waals surface area contributed by atoms with E-state index in [1.807, 2.05) is 41.3 Å². The van der Waals surface area contributed by atoms with Crippen LogP contribution in [0, 0.1) is 0 Å². The number of nitrogens with zero attached hydrogens (tertiary/aromatic N) is 4. The molecular weight excluding hydrogens is 446 g/mol. The fourth-order valence-electron chi connectivity index (χ4n) is 4.04. The van der Waals surface area contributed by atoms with E-state index in [1.165, 1.54) is 17.7 Å². The Morgan fingerprint density at radius 1 is 1.31 bits per heavy atom. The molecule has 2 N–H and O–H groups in total. The summed E-state index contributed by atoms with van der Waals surface area (Å²) in [7, 11) is 1.63. The molecule has 7 nitrogen and oxygen atoms in total. The van der Waals surface area contributed by atoms with Crippen LogP contribution in [-0.4, -0.2) is 64.6 Å². The maximum atomic E-state index is 13.4. The fourth-order valence-corrected chi connectivity index (χ4v) is 5.03. The van der Waals surface area contributed by atoms with E-state index < -0.39 is 0 Å². The van der Waals surface area contributed by atoms with Gasteiger partial charge in [-0.15, -0.1) is 11.3 Å². The van der Waals surface area contributed by atoms with Crippen molar-refractivity contribution < 1.29 is 9.53 Å². The minimum Gasteiger partial charge on any atom is -0.383 e. The van der Waals surface area contributed by atoms with Gasteiger partial charge in [0.15, 0.2) is 0 Å². The van der Waals surface area contributed by atoms with Crippen molar-refractivity contribution in [2.24, 2.45) is 0 Å². The maximum Gasteiger partial charge on any atom is 0.242 e. The summed E-state index contributed by atoms with van der Waals surface area (Å²) in [6.07, 6.45) is 5.58. The van der Waals surface area contributed by atoms with Gasteiger partial charge in [0.25, 0.3) is 0 Å². The van der Waals surface area contributed by atoms with Gasteiger partial charge in [0.05, 0.1) is 16.5 Å². The Kier molecular flexibility index (Phi) is 7.05. The topological polar surface area (TPSA) is 84.6 Å². The molecule has 2 unspecified atom stereocenters. The Hall–Kier alpha value is -2.52. The molecule has 3 heterocycles. The van der Waals surface area contributed by atoms with E-state index in [0.717, 1.165) is 32.2 Å². The summed E-state index contributed by atoms with van der Waals surface area (Å²) in [6.45, 7) is 4.37. The van der Waals surface area contributed by atoms with E-state index in [9.17, 15) is 4.79 Å². The van der Waals surface area contributed by atoms with Crippen LogP contribution in [0.5, 0.6) is 0 Å². The van der Waals surface area contributed by atoms with Crippen LogP contribution in [0.2, 0.25) is 4.34 Å². The number of methoxy groups -OCH3 is 1. The zero-order chi connectivity index (χ0) is 22.7. The summed E-state index contributed by atoms with van der Waals surface area (Å²) in [4.78, 5) is 27.0. The standard InChI is InChI=1S/C23H26ClN5O2S/c1-15-11-28(9-3-4-17-6-8-21(24)32-17)20(13-31-2)23(30)29(15)12-16-5-7-18-19(10-16)26-14-27-22(18)25/h3-8,10,14-15,20H,9,11-13H2,1-2H3,(H2,25,26,27). The third-order valence-corrected chi connectivity index (χ3v) is 6.86. The van der Waals surface area contributed by atoms with Gasteiger partial charge in [-0.3, -0.25) is 9.69 Å². The average Bonchev–Trinajstić information content (AvgIpc) is 3.19. The number of hydrogen-bond acceptors (Lipinski definition) is 7. The van der Waals surface area contributed by atoms with Crippen LogP contribution < -0.4 is 5.73 Å². The number of carbonyl (C=O) groups excluding carboxylic acids is 1. The van der Waals surface area contributed by atoms with Crippen LogP contribution in [0.15, 0.2) is 42.7 Å². The summed E-state index contributed by atoms with van der Waals surface area (Å²) < 4.78 is 6.16. The number of amides is 1. The lowest BCUT2D eigenvalue weighted by Gasteiger charge is -2.44. The Bertz CT molecular complexity index is 1130. The SMILES string of the molecule is COCC1C(=O)N(Cc2ccc3c(N)ncnc3c2)C(C)CN1CC=Cc1ccc(Cl)s1. The van der Waals surface area contributed by atoms with Crippen molar-refractivity contribution in [2.45, 2.75) is 25.6 Å². The van der Waals surface area contributed by atoms with Gasteiger partial charge < -0.3 is 15.4 Å². The summed E-state index contributed by atoms with van der Waals surface area (Å²) in [5.74, 6) is 0.526. The van der Waals surface area contributed by atoms with E-state index in [1.54, 1.807) is 7.11 Å². The molecule has 0 bridgehead atoms. The quantitative estimate of drug-likeness (QED) is 0.565. The molecule has 4 rings (SSSR count). The molecule has 2 atom stereocenters. The Labute approximate surface area is 196 Å². The second-order valence-electron chi connectivity index (χ2n) is 7.89. The molecule has 1 saturated heterocycles. The smallest absolute Gasteiger partial charge is 0.242 e. The minimum absolute atomic E-state index is 0.0614. The maximum absolute atomic E-state index is 13.4. The largest absolute Gasteiger partial charge is 0.383 e. The molecule has 1 fully saturated rings. The second kappa shape index (κ2) is 9.95. The van der Waals surface area contributed by atoms with Gasteiger partial charge in [0, 0.05) is 43.0 Å². The Morgan fingerprint density at radius 3 is 2.91 bits per heavy atom. The molecule has 3 aromatic rings. The van der Waals surface area contributed by atoms with Gasteiger partial charge in [-0.25, -0.2) is 9.97 Å². The zero-order valence-corrected chi connectivity index (χ0v) is 19.6. The van der Waals surface area contributed by atoms with Crippen molar-refractivity contribution in [1.82, 2.24) is 19.8 Å². The summed E-state index contributed by atoms with van der Waals surface area (Å²) in [5.41, 5.74) is 7.72. The molecule has 0 spiro atoms. The molecule has 2 aromatic heterocycles. The first-order chi connectivity index (χ1) is 15.5. The Balaban J connectivity index is 1.49. The van der Waals surface area contributed by atoms with E-state index >= 15 is 0 Å². The van der Waals surface area contributed by atoms with Crippen molar-refractivity contribution in [2.75, 3.05) is 32.5 Å². The third kappa shape index (κ3) is 4.94. The highest BCUT2D eigenvalue weighted by atomic mass is 35.5. The van der Waals surface area contributed by atoms with Gasteiger partial charge in [0.1, 0.15) is 18.2 Å². The first-order valence-electron chi connectivity index (χ1n) is 10.4. The number of rotatable bonds is 7. The lowest BCUT2D eigenvalue weighted by Crippen LogP contribution is -2.61. The number of hydrogen-bond donors (Lipinski definition) is 1. The molecule has 1 aliphatic rings. The van der Waals surface area contributed by atoms with E-state index in [2.05, 4.69) is 27.9 Å². The molecule has 0 saturated carbocycles. The number of aromatic nitrogens is 2. The van der Waals surface area contributed by atoms with Crippen LogP contribution in [-0.2, 0) is 16.1 Å². The molecule has 1 amide bonds. The predicted molar refractivity (Wildman–Crippen MR) is 130 cm³/mol. The van der Waals surface area contributed by atoms with E-state index in [0.29, 0.717) is 25.5 Å². The van der Waals surface area contributed by atoms with Gasteiger partial charge in [0.2, 0.25) is 5.91 Å². The molecule has 1 aliphatic heterocycles. The number of nitrogens with two attached hydrogens (primary N) is 1. The van der Waals surface area contributed by atoms with Crippen molar-refractivity contribution >= 4 is 51.6 Å². The molecular formula is C23H26ClN5O2S. The van der Waals surface area contributed by atoms with Crippen LogP contribution in [0.3, 0.4) is 0 Å². The van der Waals surface area contributed by atoms with Crippen molar-refractivity contribution in [3.8, 4) is 0 Å². The minimum atomic E-state index is -0.328. The average molecular weight is 472 g/mol. The number of anilines is 1. The fraction of sp³-hybridized carbons (Fsp3) is 0.348. The first kappa shape index (κ1) is 22.7. The number of thiophene rings is 1. The normalized spacial score (nSPS) is 20.0. The van der Waals surface area contributed by atoms with Crippen LogP contribution in [0.1, 0.15) is 17.4 Å². The van der Waals surface area contributed by atoms with Gasteiger partial charge in [-0.1, -0.05) is 23.7 Å². The van der Waals surface area contributed by atoms with E-state index in [4.69, 9.17) is 22.1 Å². The highest BCUT2D eigenvalue weighted by molar-refractivity contribution is 7.16. The number of carbonyl (C=O) groups is 1. The van der Waals surface area contributed by atoms with Crippen LogP contribution in [0.25, 0.3) is 17.0 Å². The van der Waals surface area contributed by atoms with Crippen molar-refractivity contribution in [1.29, 1.82) is 0 Å². The van der Waals surface area contributed by atoms with Crippen molar-refractivity contribution in [3.05, 3.63) is 57.5 Å². The monoisotopic (exact) mass is 471 g/mol. The van der Waals surface area contributed by atoms with Gasteiger partial charge in [-0.2, -0.15) is 0 Å². The number of piperazine rings is 1. The summed E-state index contributed by atoms with van der Waals surface area (Å²) in [6, 6.07) is 9.48. The van der Waals surface area contributed by atoms with Gasteiger partial charge >= 0.3 is 0 Å². The second-order valence-corrected chi connectivity index (χ2v) is 9.64. The van der Waals surface area contributed by atoms with Crippen molar-refractivity contribution in [3.63, 3.8) is 0 Å². The summed E-state index contributed by atoms with van der Waals surface area (Å²) in [5, 5.41) is 0.816. The van der Waals surface area contributed by atoms with E-state index in [-0.39, 0.29) is 18.0 Å².